The first-order valence-electron chi connectivity index (χ1n) is 2.74. The standard InChI is InChI=1S/C3H6O3.C2H5NO2.Zn/c1-2(4)3(5)6;3-1-2(4)5;/h2,4H,1H3,(H,5,6);1,3H2,(H,4,5);. The second-order valence-electron chi connectivity index (χ2n) is 1.61. The largest absolute Gasteiger partial charge is 0.480 e. The number of nitrogens with two attached hydrogens (primary N) is 1. The van der Waals surface area contributed by atoms with Crippen LogP contribution in [-0.4, -0.2) is 39.9 Å². The van der Waals surface area contributed by atoms with Crippen molar-refractivity contribution in [3.63, 3.8) is 0 Å². The molecule has 68 valence electrons. The minimum absolute atomic E-state index is 0. The molecule has 0 heterocycles. The molecule has 0 aliphatic heterocycles. The third-order valence-electron chi connectivity index (χ3n) is 0.532. The Morgan fingerprint density at radius 3 is 1.58 bits per heavy atom. The summed E-state index contributed by atoms with van der Waals surface area (Å²) in [4.78, 5) is 18.7. The van der Waals surface area contributed by atoms with Crippen molar-refractivity contribution >= 4 is 11.9 Å². The molecule has 1 atom stereocenters. The fourth-order valence-electron chi connectivity index (χ4n) is 0. The average Bonchev–Trinajstić information content (AvgIpc) is 1.89. The van der Waals surface area contributed by atoms with Gasteiger partial charge in [-0.1, -0.05) is 0 Å². The van der Waals surface area contributed by atoms with Gasteiger partial charge in [-0.3, -0.25) is 4.79 Å². The topological polar surface area (TPSA) is 121 Å². The summed E-state index contributed by atoms with van der Waals surface area (Å²) >= 11 is 0. The Labute approximate surface area is 82.1 Å². The third-order valence-corrected chi connectivity index (χ3v) is 0.532. The number of carbonyl (C=O) groups is 2. The van der Waals surface area contributed by atoms with Crippen LogP contribution in [-0.2, 0) is 29.1 Å². The van der Waals surface area contributed by atoms with Gasteiger partial charge in [-0.2, -0.15) is 0 Å². The van der Waals surface area contributed by atoms with Crippen LogP contribution >= 0.6 is 0 Å². The van der Waals surface area contributed by atoms with Crippen molar-refractivity contribution in [3.8, 4) is 0 Å². The Bertz CT molecular complexity index is 138. The molecule has 0 amide bonds. The molecule has 0 aromatic heterocycles. The van der Waals surface area contributed by atoms with E-state index in [1.807, 2.05) is 0 Å². The third kappa shape index (κ3) is 22.7. The number of hydrogen-bond acceptors (Lipinski definition) is 4. The van der Waals surface area contributed by atoms with Crippen LogP contribution in [0.5, 0.6) is 0 Å². The Morgan fingerprint density at radius 2 is 1.58 bits per heavy atom. The van der Waals surface area contributed by atoms with Crippen LogP contribution < -0.4 is 5.73 Å². The summed E-state index contributed by atoms with van der Waals surface area (Å²) < 4.78 is 0. The van der Waals surface area contributed by atoms with Crippen LogP contribution in [0.1, 0.15) is 6.92 Å². The van der Waals surface area contributed by atoms with Crippen LogP contribution in [0, 0.1) is 0 Å². The number of carboxylic acids is 2. The van der Waals surface area contributed by atoms with Crippen molar-refractivity contribution in [2.75, 3.05) is 6.54 Å². The van der Waals surface area contributed by atoms with E-state index in [1.165, 1.54) is 6.92 Å². The number of hydrogen-bond donors (Lipinski definition) is 4. The monoisotopic (exact) mass is 229 g/mol. The summed E-state index contributed by atoms with van der Waals surface area (Å²) in [5.74, 6) is -2.15. The van der Waals surface area contributed by atoms with Gasteiger partial charge in [0.15, 0.2) is 0 Å². The minimum Gasteiger partial charge on any atom is -0.480 e. The van der Waals surface area contributed by atoms with Gasteiger partial charge in [0.25, 0.3) is 0 Å². The molecule has 0 aromatic carbocycles. The summed E-state index contributed by atoms with van der Waals surface area (Å²) in [7, 11) is 0. The molecule has 0 rings (SSSR count). The van der Waals surface area contributed by atoms with Gasteiger partial charge in [0.1, 0.15) is 6.10 Å². The molecule has 0 saturated heterocycles. The Morgan fingerprint density at radius 1 is 1.42 bits per heavy atom. The average molecular weight is 231 g/mol. The quantitative estimate of drug-likeness (QED) is 0.428. The van der Waals surface area contributed by atoms with Crippen molar-refractivity contribution in [1.29, 1.82) is 0 Å². The Balaban J connectivity index is -0.000000126. The Hall–Kier alpha value is -0.517. The van der Waals surface area contributed by atoms with Crippen LogP contribution in [0.15, 0.2) is 0 Å². The summed E-state index contributed by atoms with van der Waals surface area (Å²) in [6.07, 6.45) is -1.23. The molecule has 7 heteroatoms. The summed E-state index contributed by atoms with van der Waals surface area (Å²) in [5, 5.41) is 23.4. The van der Waals surface area contributed by atoms with Gasteiger partial charge < -0.3 is 21.1 Å². The first-order valence-corrected chi connectivity index (χ1v) is 2.74. The van der Waals surface area contributed by atoms with Crippen molar-refractivity contribution < 1.29 is 44.4 Å². The fraction of sp³-hybridized carbons (Fsp3) is 0.600. The van der Waals surface area contributed by atoms with Crippen molar-refractivity contribution in [1.82, 2.24) is 0 Å². The second-order valence-corrected chi connectivity index (χ2v) is 1.61. The van der Waals surface area contributed by atoms with E-state index in [2.05, 4.69) is 5.73 Å². The van der Waals surface area contributed by atoms with Crippen LogP contribution in [0.2, 0.25) is 0 Å². The van der Waals surface area contributed by atoms with Gasteiger partial charge in [-0.05, 0) is 6.92 Å². The maximum atomic E-state index is 9.45. The van der Waals surface area contributed by atoms with E-state index in [1.54, 1.807) is 0 Å². The fourth-order valence-corrected chi connectivity index (χ4v) is 0. The first-order chi connectivity index (χ1) is 4.91. The molecule has 0 fully saturated rings. The molecule has 0 bridgehead atoms. The van der Waals surface area contributed by atoms with Gasteiger partial charge in [0.05, 0.1) is 6.54 Å². The maximum Gasteiger partial charge on any atom is 0.332 e. The van der Waals surface area contributed by atoms with Gasteiger partial charge in [0.2, 0.25) is 0 Å². The van der Waals surface area contributed by atoms with Crippen molar-refractivity contribution in [2.45, 2.75) is 13.0 Å². The summed E-state index contributed by atoms with van der Waals surface area (Å²) in [6, 6.07) is 0. The molecule has 0 radical (unpaired) electrons. The number of aliphatic hydroxyl groups excluding tert-OH is 1. The molecule has 0 aliphatic rings. The predicted molar refractivity (Wildman–Crippen MR) is 36.0 cm³/mol. The van der Waals surface area contributed by atoms with E-state index in [4.69, 9.17) is 15.3 Å². The number of aliphatic carboxylic acids is 2. The van der Waals surface area contributed by atoms with Crippen LogP contribution in [0.25, 0.3) is 0 Å². The second kappa shape index (κ2) is 10.5. The van der Waals surface area contributed by atoms with E-state index in [0.717, 1.165) is 0 Å². The zero-order valence-corrected chi connectivity index (χ0v) is 9.69. The van der Waals surface area contributed by atoms with Crippen molar-refractivity contribution in [2.24, 2.45) is 5.73 Å². The van der Waals surface area contributed by atoms with Gasteiger partial charge in [-0.15, -0.1) is 0 Å². The molecule has 0 spiro atoms. The maximum absolute atomic E-state index is 9.45. The van der Waals surface area contributed by atoms with Crippen molar-refractivity contribution in [3.05, 3.63) is 0 Å². The Kier molecular flexibility index (Phi) is 15.3. The normalized spacial score (nSPS) is 9.92. The molecule has 0 saturated carbocycles. The SMILES string of the molecule is CC(O)C(=O)O.NCC(=O)O.[Zn]. The summed E-state index contributed by atoms with van der Waals surface area (Å²) in [6.45, 7) is 0.919. The smallest absolute Gasteiger partial charge is 0.332 e. The molecule has 12 heavy (non-hydrogen) atoms. The van der Waals surface area contributed by atoms with E-state index >= 15 is 0 Å². The molecule has 0 aromatic rings. The summed E-state index contributed by atoms with van der Waals surface area (Å²) in [5.41, 5.74) is 4.57. The molecular formula is C5H11NO5Zn. The van der Waals surface area contributed by atoms with Crippen LogP contribution in [0.3, 0.4) is 0 Å². The zero-order valence-electron chi connectivity index (χ0n) is 6.73. The van der Waals surface area contributed by atoms with E-state index in [0.29, 0.717) is 0 Å². The molecular weight excluding hydrogens is 219 g/mol. The number of carboxylic acid groups (broad SMARTS) is 2. The van der Waals surface area contributed by atoms with E-state index < -0.39 is 18.0 Å². The van der Waals surface area contributed by atoms with Gasteiger partial charge in [-0.25, -0.2) is 4.79 Å². The number of aliphatic hydroxyl groups is 1. The van der Waals surface area contributed by atoms with Gasteiger partial charge >= 0.3 is 11.9 Å². The molecule has 1 unspecified atom stereocenters. The minimum atomic E-state index is -1.23. The molecule has 0 aliphatic carbocycles. The predicted octanol–water partition coefficient (Wildman–Crippen LogP) is -1.52. The molecule has 6 nitrogen and oxygen atoms in total. The van der Waals surface area contributed by atoms with Gasteiger partial charge in [0, 0.05) is 19.5 Å². The zero-order chi connectivity index (χ0) is 9.44. The van der Waals surface area contributed by atoms with E-state index in [9.17, 15) is 9.59 Å². The molecule has 5 N–H and O–H groups in total. The number of rotatable bonds is 2. The van der Waals surface area contributed by atoms with Crippen LogP contribution in [0.4, 0.5) is 0 Å². The first kappa shape index (κ1) is 17.5. The van der Waals surface area contributed by atoms with E-state index in [-0.39, 0.29) is 26.0 Å².